The number of imidazole rings is 3. The molecule has 0 aliphatic heterocycles. The molecule has 239 valence electrons. The Morgan fingerprint density at radius 3 is 1.50 bits per heavy atom. The fraction of sp³-hybridized carbons (Fsp3) is 0.114. The molecule has 0 atom stereocenters. The van der Waals surface area contributed by atoms with E-state index in [2.05, 4.69) is 34.6 Å². The van der Waals surface area contributed by atoms with Crippen molar-refractivity contribution in [2.75, 3.05) is 0 Å². The van der Waals surface area contributed by atoms with Crippen molar-refractivity contribution in [2.45, 2.75) is 14.9 Å². The van der Waals surface area contributed by atoms with Crippen molar-refractivity contribution < 1.29 is 22.0 Å². The molecule has 46 heavy (non-hydrogen) atoms. The van der Waals surface area contributed by atoms with E-state index in [9.17, 15) is 4.39 Å². The van der Waals surface area contributed by atoms with Crippen LogP contribution in [0.15, 0.2) is 141 Å². The molecule has 7 rings (SSSR count). The van der Waals surface area contributed by atoms with Crippen LogP contribution in [0, 0.1) is 5.82 Å². The summed E-state index contributed by atoms with van der Waals surface area (Å²) in [7, 11) is 8.58. The maximum absolute atomic E-state index is 13.3. The zero-order valence-corrected chi connectivity index (χ0v) is 27.3. The summed E-state index contributed by atoms with van der Waals surface area (Å²) in [6.45, 7) is 0. The molecule has 11 heteroatoms. The van der Waals surface area contributed by atoms with Gasteiger partial charge in [0, 0.05) is 74.9 Å². The van der Waals surface area contributed by atoms with Gasteiger partial charge in [0.1, 0.15) is 23.0 Å². The van der Waals surface area contributed by atoms with Crippen molar-refractivity contribution in [3.63, 3.8) is 0 Å². The van der Waals surface area contributed by atoms with Crippen LogP contribution in [0.4, 0.5) is 4.39 Å². The summed E-state index contributed by atoms with van der Waals surface area (Å²) in [5.41, 5.74) is 3.59. The molecule has 5 aromatic heterocycles. The number of hydrogen-bond donors (Lipinski definition) is 0. The van der Waals surface area contributed by atoms with Crippen molar-refractivity contribution in [3.05, 3.63) is 146 Å². The maximum atomic E-state index is 13.3. The van der Waals surface area contributed by atoms with Crippen molar-refractivity contribution in [1.82, 2.24) is 38.6 Å². The number of nitrogens with zero attached hydrogens (tertiary/aromatic N) is 8. The predicted molar refractivity (Wildman–Crippen MR) is 181 cm³/mol. The van der Waals surface area contributed by atoms with Gasteiger partial charge in [-0.25, -0.2) is 19.3 Å². The molecule has 0 N–H and O–H groups in total. The van der Waals surface area contributed by atoms with Gasteiger partial charge in [-0.05, 0) is 42.5 Å². The van der Waals surface area contributed by atoms with Gasteiger partial charge in [0.15, 0.2) is 11.6 Å². The molecule has 0 aliphatic carbocycles. The van der Waals surface area contributed by atoms with Crippen molar-refractivity contribution >= 4 is 9.64 Å². The first-order chi connectivity index (χ1) is 21.6. The van der Waals surface area contributed by atoms with E-state index in [-0.39, 0.29) is 20.7 Å². The fourth-order valence-corrected chi connectivity index (χ4v) is 4.15. The van der Waals surface area contributed by atoms with Gasteiger partial charge in [0.2, 0.25) is 0 Å². The first kappa shape index (κ1) is 37.4. The van der Waals surface area contributed by atoms with Crippen LogP contribution >= 0.6 is 9.64 Å². The Kier molecular flexibility index (Phi) is 15.9. The molecular weight excluding hydrogens is 777 g/mol. The second kappa shape index (κ2) is 19.6. The van der Waals surface area contributed by atoms with Crippen molar-refractivity contribution in [2.24, 2.45) is 14.1 Å². The van der Waals surface area contributed by atoms with Crippen LogP contribution in [0.3, 0.4) is 0 Å². The second-order valence-electron chi connectivity index (χ2n) is 9.12. The third-order valence-corrected chi connectivity index (χ3v) is 6.19. The van der Waals surface area contributed by atoms with Crippen molar-refractivity contribution in [1.29, 1.82) is 0 Å². The molecule has 5 heterocycles. The van der Waals surface area contributed by atoms with E-state index in [0.29, 0.717) is 0 Å². The van der Waals surface area contributed by atoms with Crippen LogP contribution in [-0.4, -0.2) is 38.6 Å². The SMILES string of the molecule is C.C.Cn1ccnc1-c1ccccn1.Cn1ccnc1-c1ccccn1.Fc1cccc(-n2ccnc2-c2ccccc2)c1.[Cl][Os]. The first-order valence-corrected chi connectivity index (χ1v) is 16.5. The number of aryl methyl sites for hydroxylation is 2. The Morgan fingerprint density at radius 1 is 0.543 bits per heavy atom. The topological polar surface area (TPSA) is 79.2 Å². The molecule has 2 aromatic carbocycles. The Hall–Kier alpha value is -4.77. The minimum absolute atomic E-state index is 0. The molecule has 0 radical (unpaired) electrons. The van der Waals surface area contributed by atoms with Gasteiger partial charge in [-0.3, -0.25) is 14.5 Å². The number of aromatic nitrogens is 8. The molecule has 0 fully saturated rings. The van der Waals surface area contributed by atoms with Crippen LogP contribution < -0.4 is 0 Å². The van der Waals surface area contributed by atoms with Gasteiger partial charge in [0.05, 0.1) is 0 Å². The Balaban J connectivity index is 0.000000235. The van der Waals surface area contributed by atoms with Crippen LogP contribution in [-0.2, 0) is 31.7 Å². The van der Waals surface area contributed by atoms with Gasteiger partial charge in [0.25, 0.3) is 0 Å². The summed E-state index contributed by atoms with van der Waals surface area (Å²) < 4.78 is 19.0. The average molecular weight is 814 g/mol. The van der Waals surface area contributed by atoms with Crippen LogP contribution in [0.2, 0.25) is 0 Å². The van der Waals surface area contributed by atoms with Crippen LogP contribution in [0.25, 0.3) is 40.1 Å². The standard InChI is InChI=1S/C15H11FN2.2C9H9N3.2CH4.ClH.Os/c16-13-7-4-8-14(11-13)18-10-9-17-15(18)12-5-2-1-3-6-12;2*1-12-7-6-11-9(12)8-4-2-3-5-10-8;;;;/h1-11H;2*2-7H,1H3;2*1H4;1H;/q;;;;;;+1/p-1. The summed E-state index contributed by atoms with van der Waals surface area (Å²) in [4.78, 5) is 21.1. The molecule has 0 saturated carbocycles. The number of pyridine rings is 2. The second-order valence-corrected chi connectivity index (χ2v) is 9.12. The first-order valence-electron chi connectivity index (χ1n) is 13.4. The number of rotatable bonds is 4. The van der Waals surface area contributed by atoms with Crippen LogP contribution in [0.5, 0.6) is 0 Å². The number of halogens is 2. The third kappa shape index (κ3) is 10.1. The van der Waals surface area contributed by atoms with Gasteiger partial charge < -0.3 is 9.13 Å². The van der Waals surface area contributed by atoms with E-state index in [4.69, 9.17) is 0 Å². The van der Waals surface area contributed by atoms with Gasteiger partial charge in [-0.1, -0.05) is 63.4 Å². The van der Waals surface area contributed by atoms with E-state index in [1.54, 1.807) is 37.1 Å². The molecule has 0 saturated heterocycles. The molecule has 0 unspecified atom stereocenters. The molecular formula is C35H37ClFN8Os. The summed E-state index contributed by atoms with van der Waals surface area (Å²) in [5, 5.41) is 0. The quantitative estimate of drug-likeness (QED) is 0.178. The summed E-state index contributed by atoms with van der Waals surface area (Å²) >= 11 is 1.33. The molecule has 7 aromatic rings. The number of hydrogen-bond acceptors (Lipinski definition) is 5. The zero-order chi connectivity index (χ0) is 31.1. The van der Waals surface area contributed by atoms with Crippen molar-refractivity contribution in [3.8, 4) is 40.1 Å². The van der Waals surface area contributed by atoms with E-state index < -0.39 is 0 Å². The normalized spacial score (nSPS) is 9.50. The van der Waals surface area contributed by atoms with Gasteiger partial charge in [-0.15, -0.1) is 0 Å². The molecule has 0 aliphatic rings. The van der Waals surface area contributed by atoms with Gasteiger partial charge >= 0.3 is 27.2 Å². The summed E-state index contributed by atoms with van der Waals surface area (Å²) in [6, 6.07) is 27.9. The average Bonchev–Trinajstić information content (AvgIpc) is 3.85. The Labute approximate surface area is 284 Å². The monoisotopic (exact) mass is 815 g/mol. The molecule has 0 spiro atoms. The van der Waals surface area contributed by atoms with E-state index in [0.717, 1.165) is 40.1 Å². The van der Waals surface area contributed by atoms with E-state index in [1.807, 2.05) is 119 Å². The molecule has 8 nitrogen and oxygen atoms in total. The van der Waals surface area contributed by atoms with E-state index >= 15 is 0 Å². The minimum atomic E-state index is -0.250. The molecule has 0 amide bonds. The van der Waals surface area contributed by atoms with E-state index in [1.165, 1.54) is 29.7 Å². The van der Waals surface area contributed by atoms with Gasteiger partial charge in [-0.2, -0.15) is 0 Å². The fourth-order valence-electron chi connectivity index (χ4n) is 4.15. The summed E-state index contributed by atoms with van der Waals surface area (Å²) in [5.74, 6) is 2.35. The zero-order valence-electron chi connectivity index (χ0n) is 24.0. The Morgan fingerprint density at radius 2 is 1.04 bits per heavy atom. The Bertz CT molecular complexity index is 1750. The molecule has 0 bridgehead atoms. The van der Waals surface area contributed by atoms with Crippen LogP contribution in [0.1, 0.15) is 14.9 Å². The number of benzene rings is 2. The third-order valence-electron chi connectivity index (χ3n) is 6.19. The summed E-state index contributed by atoms with van der Waals surface area (Å²) in [6.07, 6.45) is 14.4. The predicted octanol–water partition coefficient (Wildman–Crippen LogP) is 8.60.